The van der Waals surface area contributed by atoms with Crippen LogP contribution in [0.4, 0.5) is 0 Å². The average molecular weight is 297 g/mol. The normalized spacial score (nSPS) is 12.2. The standard InChI is InChI=1S/C12H19N5O2S/c1-5-17-11(6-7-13-17)8-16(4)20(18,19)12-9(2)14-15-10(12)3/h6-7H,5,8H2,1-4H3,(H,14,15). The van der Waals surface area contributed by atoms with Crippen molar-refractivity contribution in [3.05, 3.63) is 29.3 Å². The largest absolute Gasteiger partial charge is 0.281 e. The summed E-state index contributed by atoms with van der Waals surface area (Å²) in [7, 11) is -2.00. The van der Waals surface area contributed by atoms with E-state index in [1.165, 1.54) is 4.31 Å². The first-order chi connectivity index (χ1) is 9.37. The molecule has 0 unspecified atom stereocenters. The minimum Gasteiger partial charge on any atom is -0.281 e. The molecule has 0 saturated heterocycles. The van der Waals surface area contributed by atoms with Gasteiger partial charge in [-0.05, 0) is 26.8 Å². The molecule has 0 amide bonds. The van der Waals surface area contributed by atoms with E-state index in [0.717, 1.165) is 5.69 Å². The highest BCUT2D eigenvalue weighted by molar-refractivity contribution is 7.89. The fourth-order valence-corrected chi connectivity index (χ4v) is 3.63. The Balaban J connectivity index is 2.31. The maximum atomic E-state index is 12.6. The molecular weight excluding hydrogens is 278 g/mol. The second-order valence-corrected chi connectivity index (χ2v) is 6.64. The molecule has 0 aliphatic rings. The lowest BCUT2D eigenvalue weighted by Gasteiger charge is -2.17. The van der Waals surface area contributed by atoms with Crippen molar-refractivity contribution in [1.82, 2.24) is 24.3 Å². The number of aromatic nitrogens is 4. The van der Waals surface area contributed by atoms with Gasteiger partial charge >= 0.3 is 0 Å². The average Bonchev–Trinajstić information content (AvgIpc) is 2.96. The van der Waals surface area contributed by atoms with Crippen LogP contribution < -0.4 is 0 Å². The molecule has 0 aliphatic carbocycles. The topological polar surface area (TPSA) is 83.9 Å². The van der Waals surface area contributed by atoms with Crippen LogP contribution >= 0.6 is 0 Å². The molecule has 20 heavy (non-hydrogen) atoms. The number of hydrogen-bond acceptors (Lipinski definition) is 4. The van der Waals surface area contributed by atoms with Gasteiger partial charge in [-0.1, -0.05) is 0 Å². The summed E-state index contributed by atoms with van der Waals surface area (Å²) in [4.78, 5) is 0.252. The molecule has 0 atom stereocenters. The molecule has 0 fully saturated rings. The molecular formula is C12H19N5O2S. The predicted molar refractivity (Wildman–Crippen MR) is 74.6 cm³/mol. The van der Waals surface area contributed by atoms with Crippen LogP contribution in [-0.2, 0) is 23.1 Å². The Hall–Kier alpha value is -1.67. The summed E-state index contributed by atoms with van der Waals surface area (Å²) in [5.41, 5.74) is 1.90. The van der Waals surface area contributed by atoms with Gasteiger partial charge in [-0.3, -0.25) is 9.78 Å². The van der Waals surface area contributed by atoms with Crippen LogP contribution in [0.2, 0.25) is 0 Å². The van der Waals surface area contributed by atoms with Gasteiger partial charge in [0, 0.05) is 19.8 Å². The molecule has 0 bridgehead atoms. The van der Waals surface area contributed by atoms with Crippen molar-refractivity contribution in [2.45, 2.75) is 38.8 Å². The van der Waals surface area contributed by atoms with Crippen LogP contribution in [0.5, 0.6) is 0 Å². The first-order valence-corrected chi connectivity index (χ1v) is 7.80. The third-order valence-corrected chi connectivity index (χ3v) is 5.28. The van der Waals surface area contributed by atoms with Crippen LogP contribution in [0, 0.1) is 13.8 Å². The van der Waals surface area contributed by atoms with Gasteiger partial charge in [-0.2, -0.15) is 14.5 Å². The van der Waals surface area contributed by atoms with E-state index in [2.05, 4.69) is 15.3 Å². The zero-order valence-electron chi connectivity index (χ0n) is 12.1. The first kappa shape index (κ1) is 14.7. The molecule has 110 valence electrons. The predicted octanol–water partition coefficient (Wildman–Crippen LogP) is 1.06. The SMILES string of the molecule is CCn1nccc1CN(C)S(=O)(=O)c1c(C)n[nH]c1C. The molecule has 2 heterocycles. The highest BCUT2D eigenvalue weighted by atomic mass is 32.2. The van der Waals surface area contributed by atoms with Gasteiger partial charge in [-0.15, -0.1) is 0 Å². The van der Waals surface area contributed by atoms with Crippen molar-refractivity contribution >= 4 is 10.0 Å². The van der Waals surface area contributed by atoms with Crippen LogP contribution in [0.15, 0.2) is 17.2 Å². The number of nitrogens with zero attached hydrogens (tertiary/aromatic N) is 4. The summed E-state index contributed by atoms with van der Waals surface area (Å²) in [5.74, 6) is 0. The molecule has 2 aromatic rings. The number of nitrogens with one attached hydrogen (secondary N) is 1. The van der Waals surface area contributed by atoms with E-state index >= 15 is 0 Å². The summed E-state index contributed by atoms with van der Waals surface area (Å²) in [5, 5.41) is 10.8. The van der Waals surface area contributed by atoms with E-state index in [4.69, 9.17) is 0 Å². The molecule has 2 rings (SSSR count). The minimum atomic E-state index is -3.56. The van der Waals surface area contributed by atoms with Crippen LogP contribution in [0.25, 0.3) is 0 Å². The Morgan fingerprint density at radius 2 is 2.10 bits per heavy atom. The number of hydrogen-bond donors (Lipinski definition) is 1. The maximum absolute atomic E-state index is 12.6. The van der Waals surface area contributed by atoms with E-state index in [9.17, 15) is 8.42 Å². The van der Waals surface area contributed by atoms with Crippen molar-refractivity contribution in [2.75, 3.05) is 7.05 Å². The van der Waals surface area contributed by atoms with Crippen molar-refractivity contribution in [3.63, 3.8) is 0 Å². The summed E-state index contributed by atoms with van der Waals surface area (Å²) >= 11 is 0. The fraction of sp³-hybridized carbons (Fsp3) is 0.500. The van der Waals surface area contributed by atoms with Gasteiger partial charge in [0.15, 0.2) is 0 Å². The number of rotatable bonds is 5. The minimum absolute atomic E-state index is 0.252. The van der Waals surface area contributed by atoms with Crippen molar-refractivity contribution in [2.24, 2.45) is 0 Å². The Kier molecular flexibility index (Phi) is 3.96. The van der Waals surface area contributed by atoms with Gasteiger partial charge in [0.05, 0.1) is 23.6 Å². The quantitative estimate of drug-likeness (QED) is 0.894. The second-order valence-electron chi connectivity index (χ2n) is 4.66. The zero-order valence-corrected chi connectivity index (χ0v) is 12.9. The van der Waals surface area contributed by atoms with Gasteiger partial charge in [0.2, 0.25) is 10.0 Å². The third kappa shape index (κ3) is 2.48. The summed E-state index contributed by atoms with van der Waals surface area (Å²) in [6.07, 6.45) is 1.67. The summed E-state index contributed by atoms with van der Waals surface area (Å²) in [6, 6.07) is 1.82. The molecule has 0 aromatic carbocycles. The van der Waals surface area contributed by atoms with Crippen LogP contribution in [0.3, 0.4) is 0 Å². The maximum Gasteiger partial charge on any atom is 0.246 e. The lowest BCUT2D eigenvalue weighted by Crippen LogP contribution is -2.28. The summed E-state index contributed by atoms with van der Waals surface area (Å²) < 4.78 is 28.3. The molecule has 0 spiro atoms. The van der Waals surface area contributed by atoms with Crippen molar-refractivity contribution in [1.29, 1.82) is 0 Å². The van der Waals surface area contributed by atoms with E-state index in [1.54, 1.807) is 31.8 Å². The lowest BCUT2D eigenvalue weighted by molar-refractivity contribution is 0.446. The molecule has 0 aliphatic heterocycles. The lowest BCUT2D eigenvalue weighted by atomic mass is 10.4. The van der Waals surface area contributed by atoms with E-state index in [0.29, 0.717) is 17.9 Å². The Bertz CT molecular complexity index is 682. The molecule has 7 nitrogen and oxygen atoms in total. The molecule has 2 aromatic heterocycles. The zero-order chi connectivity index (χ0) is 14.9. The van der Waals surface area contributed by atoms with E-state index in [-0.39, 0.29) is 11.4 Å². The molecule has 0 radical (unpaired) electrons. The van der Waals surface area contributed by atoms with E-state index < -0.39 is 10.0 Å². The van der Waals surface area contributed by atoms with Gasteiger partial charge in [-0.25, -0.2) is 8.42 Å². The smallest absolute Gasteiger partial charge is 0.246 e. The van der Waals surface area contributed by atoms with Crippen molar-refractivity contribution in [3.8, 4) is 0 Å². The van der Waals surface area contributed by atoms with Crippen molar-refractivity contribution < 1.29 is 8.42 Å². The Labute approximate surface area is 118 Å². The number of aryl methyl sites for hydroxylation is 3. The van der Waals surface area contributed by atoms with E-state index in [1.807, 2.05) is 13.0 Å². The molecule has 1 N–H and O–H groups in total. The monoisotopic (exact) mass is 297 g/mol. The Morgan fingerprint density at radius 3 is 2.65 bits per heavy atom. The summed E-state index contributed by atoms with van der Waals surface area (Å²) in [6.45, 7) is 6.34. The highest BCUT2D eigenvalue weighted by Gasteiger charge is 2.27. The number of H-pyrrole nitrogens is 1. The Morgan fingerprint density at radius 1 is 1.40 bits per heavy atom. The fourth-order valence-electron chi connectivity index (χ4n) is 2.17. The van der Waals surface area contributed by atoms with Crippen LogP contribution in [-0.4, -0.2) is 39.7 Å². The number of aromatic amines is 1. The highest BCUT2D eigenvalue weighted by Crippen LogP contribution is 2.21. The van der Waals surface area contributed by atoms with Gasteiger partial charge < -0.3 is 0 Å². The molecule has 0 saturated carbocycles. The van der Waals surface area contributed by atoms with Crippen LogP contribution in [0.1, 0.15) is 24.0 Å². The second kappa shape index (κ2) is 5.37. The van der Waals surface area contributed by atoms with Gasteiger partial charge in [0.25, 0.3) is 0 Å². The first-order valence-electron chi connectivity index (χ1n) is 6.36. The number of sulfonamides is 1. The molecule has 8 heteroatoms. The third-order valence-electron chi connectivity index (χ3n) is 3.22. The van der Waals surface area contributed by atoms with Gasteiger partial charge in [0.1, 0.15) is 4.90 Å².